The monoisotopic (exact) mass is 352 g/mol. The van der Waals surface area contributed by atoms with E-state index in [1.54, 1.807) is 15.8 Å². The van der Waals surface area contributed by atoms with Crippen molar-refractivity contribution in [3.8, 4) is 5.69 Å². The van der Waals surface area contributed by atoms with Crippen molar-refractivity contribution in [3.63, 3.8) is 0 Å². The number of nitrogens with zero attached hydrogens (tertiary/aromatic N) is 4. The Bertz CT molecular complexity index is 900. The standard InChI is InChI=1S/C19H20N4O3/c1-13-5-7-15(8-6-13)23-14(2)18(20-21-23)19(24)22-9-11-26-17(12-22)16-4-3-10-25-16/h3-8,10,17H,9,11-12H2,1-2H3. The maximum atomic E-state index is 13.0. The molecule has 0 radical (unpaired) electrons. The number of carbonyl (C=O) groups excluding carboxylic acids is 1. The van der Waals surface area contributed by atoms with Gasteiger partial charge in [0.25, 0.3) is 5.91 Å². The Kier molecular flexibility index (Phi) is 4.30. The summed E-state index contributed by atoms with van der Waals surface area (Å²) in [4.78, 5) is 14.7. The van der Waals surface area contributed by atoms with Crippen LogP contribution in [0.3, 0.4) is 0 Å². The fourth-order valence-corrected chi connectivity index (χ4v) is 3.09. The van der Waals surface area contributed by atoms with Gasteiger partial charge in [0.15, 0.2) is 5.69 Å². The van der Waals surface area contributed by atoms with Gasteiger partial charge in [0.2, 0.25) is 0 Å². The molecule has 1 amide bonds. The zero-order valence-corrected chi connectivity index (χ0v) is 14.8. The number of furan rings is 1. The summed E-state index contributed by atoms with van der Waals surface area (Å²) in [7, 11) is 0. The molecule has 0 aliphatic carbocycles. The SMILES string of the molecule is Cc1ccc(-n2nnc(C(=O)N3CCOC(c4ccco4)C3)c2C)cc1. The highest BCUT2D eigenvalue weighted by molar-refractivity contribution is 5.93. The molecule has 1 aliphatic heterocycles. The summed E-state index contributed by atoms with van der Waals surface area (Å²) in [6.07, 6.45) is 1.35. The first kappa shape index (κ1) is 16.5. The van der Waals surface area contributed by atoms with Crippen LogP contribution in [0.2, 0.25) is 0 Å². The number of aryl methyl sites for hydroxylation is 1. The highest BCUT2D eigenvalue weighted by Crippen LogP contribution is 2.24. The van der Waals surface area contributed by atoms with E-state index in [0.717, 1.165) is 17.1 Å². The lowest BCUT2D eigenvalue weighted by Crippen LogP contribution is -2.42. The molecule has 4 rings (SSSR count). The van der Waals surface area contributed by atoms with E-state index in [4.69, 9.17) is 9.15 Å². The van der Waals surface area contributed by atoms with Gasteiger partial charge in [0, 0.05) is 6.54 Å². The molecular formula is C19H20N4O3. The Hall–Kier alpha value is -2.93. The molecule has 134 valence electrons. The minimum atomic E-state index is -0.254. The number of rotatable bonds is 3. The fourth-order valence-electron chi connectivity index (χ4n) is 3.09. The lowest BCUT2D eigenvalue weighted by atomic mass is 10.2. The van der Waals surface area contributed by atoms with Gasteiger partial charge in [-0.3, -0.25) is 4.79 Å². The van der Waals surface area contributed by atoms with Crippen LogP contribution >= 0.6 is 0 Å². The van der Waals surface area contributed by atoms with Gasteiger partial charge in [-0.05, 0) is 38.1 Å². The fraction of sp³-hybridized carbons (Fsp3) is 0.316. The minimum absolute atomic E-state index is 0.138. The third kappa shape index (κ3) is 3.01. The first-order valence-corrected chi connectivity index (χ1v) is 8.57. The van der Waals surface area contributed by atoms with Crippen molar-refractivity contribution in [3.05, 3.63) is 65.4 Å². The maximum absolute atomic E-state index is 13.0. The summed E-state index contributed by atoms with van der Waals surface area (Å²) in [5.74, 6) is 0.586. The largest absolute Gasteiger partial charge is 0.467 e. The number of carbonyl (C=O) groups is 1. The minimum Gasteiger partial charge on any atom is -0.467 e. The molecule has 7 nitrogen and oxygen atoms in total. The van der Waals surface area contributed by atoms with Crippen LogP contribution in [0.25, 0.3) is 5.69 Å². The number of aromatic nitrogens is 3. The molecule has 1 aromatic carbocycles. The second-order valence-corrected chi connectivity index (χ2v) is 6.40. The van der Waals surface area contributed by atoms with Crippen molar-refractivity contribution in [2.24, 2.45) is 0 Å². The number of benzene rings is 1. The summed E-state index contributed by atoms with van der Waals surface area (Å²) >= 11 is 0. The van der Waals surface area contributed by atoms with Gasteiger partial charge < -0.3 is 14.1 Å². The van der Waals surface area contributed by atoms with E-state index >= 15 is 0 Å². The van der Waals surface area contributed by atoms with Gasteiger partial charge in [-0.25, -0.2) is 4.68 Å². The van der Waals surface area contributed by atoms with E-state index in [2.05, 4.69) is 10.3 Å². The second kappa shape index (κ2) is 6.76. The molecule has 1 unspecified atom stereocenters. The molecule has 1 aliphatic rings. The molecule has 0 bridgehead atoms. The van der Waals surface area contributed by atoms with Crippen LogP contribution in [-0.4, -0.2) is 45.5 Å². The van der Waals surface area contributed by atoms with Crippen LogP contribution in [0.1, 0.15) is 33.6 Å². The van der Waals surface area contributed by atoms with Crippen LogP contribution in [0.15, 0.2) is 47.1 Å². The first-order valence-electron chi connectivity index (χ1n) is 8.57. The van der Waals surface area contributed by atoms with Crippen molar-refractivity contribution in [1.29, 1.82) is 0 Å². The number of ether oxygens (including phenoxy) is 1. The molecule has 0 saturated carbocycles. The zero-order valence-electron chi connectivity index (χ0n) is 14.8. The highest BCUT2D eigenvalue weighted by Gasteiger charge is 2.30. The molecule has 26 heavy (non-hydrogen) atoms. The van der Waals surface area contributed by atoms with Gasteiger partial charge in [0.1, 0.15) is 11.9 Å². The number of morpholine rings is 1. The van der Waals surface area contributed by atoms with Crippen LogP contribution in [0.5, 0.6) is 0 Å². The Morgan fingerprint density at radius 2 is 2.00 bits per heavy atom. The van der Waals surface area contributed by atoms with E-state index in [-0.39, 0.29) is 12.0 Å². The third-order valence-electron chi connectivity index (χ3n) is 4.59. The van der Waals surface area contributed by atoms with Gasteiger partial charge >= 0.3 is 0 Å². The second-order valence-electron chi connectivity index (χ2n) is 6.40. The average Bonchev–Trinajstić information content (AvgIpc) is 3.32. The molecule has 7 heteroatoms. The molecule has 3 aromatic rings. The normalized spacial score (nSPS) is 17.5. The summed E-state index contributed by atoms with van der Waals surface area (Å²) in [5, 5.41) is 8.30. The Balaban J connectivity index is 1.56. The summed E-state index contributed by atoms with van der Waals surface area (Å²) in [6, 6.07) is 11.6. The van der Waals surface area contributed by atoms with Crippen LogP contribution in [0, 0.1) is 13.8 Å². The van der Waals surface area contributed by atoms with Gasteiger partial charge in [-0.1, -0.05) is 22.9 Å². The smallest absolute Gasteiger partial charge is 0.276 e. The van der Waals surface area contributed by atoms with Gasteiger partial charge in [-0.15, -0.1) is 5.10 Å². The number of hydrogen-bond acceptors (Lipinski definition) is 5. The Labute approximate surface area is 151 Å². The Morgan fingerprint density at radius 1 is 1.19 bits per heavy atom. The Morgan fingerprint density at radius 3 is 2.73 bits per heavy atom. The summed E-state index contributed by atoms with van der Waals surface area (Å²) < 4.78 is 12.8. The van der Waals surface area contributed by atoms with E-state index in [0.29, 0.717) is 25.4 Å². The third-order valence-corrected chi connectivity index (χ3v) is 4.59. The first-order chi connectivity index (χ1) is 12.6. The van der Waals surface area contributed by atoms with Crippen molar-refractivity contribution >= 4 is 5.91 Å². The topological polar surface area (TPSA) is 73.4 Å². The van der Waals surface area contributed by atoms with Crippen molar-refractivity contribution in [2.45, 2.75) is 20.0 Å². The molecule has 1 saturated heterocycles. The molecular weight excluding hydrogens is 332 g/mol. The number of amides is 1. The van der Waals surface area contributed by atoms with E-state index in [1.165, 1.54) is 5.56 Å². The van der Waals surface area contributed by atoms with Crippen molar-refractivity contribution in [2.75, 3.05) is 19.7 Å². The van der Waals surface area contributed by atoms with Crippen molar-refractivity contribution in [1.82, 2.24) is 19.9 Å². The van der Waals surface area contributed by atoms with E-state index in [1.807, 2.05) is 50.2 Å². The number of hydrogen-bond donors (Lipinski definition) is 0. The molecule has 1 fully saturated rings. The highest BCUT2D eigenvalue weighted by atomic mass is 16.5. The summed E-state index contributed by atoms with van der Waals surface area (Å²) in [5.41, 5.74) is 3.14. The quantitative estimate of drug-likeness (QED) is 0.725. The van der Waals surface area contributed by atoms with Gasteiger partial charge in [-0.2, -0.15) is 0 Å². The summed E-state index contributed by atoms with van der Waals surface area (Å²) in [6.45, 7) is 5.30. The van der Waals surface area contributed by atoms with E-state index in [9.17, 15) is 4.79 Å². The van der Waals surface area contributed by atoms with Crippen LogP contribution < -0.4 is 0 Å². The average molecular weight is 352 g/mol. The van der Waals surface area contributed by atoms with Crippen molar-refractivity contribution < 1.29 is 13.9 Å². The lowest BCUT2D eigenvalue weighted by Gasteiger charge is -2.31. The molecule has 1 atom stereocenters. The molecule has 3 heterocycles. The predicted molar refractivity (Wildman–Crippen MR) is 94.1 cm³/mol. The lowest BCUT2D eigenvalue weighted by molar-refractivity contribution is -0.0323. The maximum Gasteiger partial charge on any atom is 0.276 e. The van der Waals surface area contributed by atoms with Crippen LogP contribution in [0.4, 0.5) is 0 Å². The predicted octanol–water partition coefficient (Wildman–Crippen LogP) is 2.69. The zero-order chi connectivity index (χ0) is 18.1. The molecule has 0 spiro atoms. The van der Waals surface area contributed by atoms with Gasteiger partial charge in [0.05, 0.1) is 30.8 Å². The molecule has 2 aromatic heterocycles. The van der Waals surface area contributed by atoms with Crippen LogP contribution in [-0.2, 0) is 4.74 Å². The molecule has 0 N–H and O–H groups in total. The van der Waals surface area contributed by atoms with E-state index < -0.39 is 0 Å².